The van der Waals surface area contributed by atoms with Gasteiger partial charge >= 0.3 is 18.0 Å². The average molecular weight is 647 g/mol. The van der Waals surface area contributed by atoms with E-state index in [1.807, 2.05) is 0 Å². The van der Waals surface area contributed by atoms with Crippen LogP contribution in [-0.2, 0) is 17.8 Å². The zero-order chi connectivity index (χ0) is 31.8. The molecule has 0 spiro atoms. The van der Waals surface area contributed by atoms with Gasteiger partial charge in [-0.25, -0.2) is 24.1 Å². The van der Waals surface area contributed by atoms with Crippen molar-refractivity contribution < 1.29 is 41.0 Å². The minimum absolute atomic E-state index is 0.0541. The number of morpholine rings is 1. The number of halogens is 7. The molecule has 234 valence electrons. The maximum atomic E-state index is 13.2. The lowest BCUT2D eigenvalue weighted by Crippen LogP contribution is -2.51. The summed E-state index contributed by atoms with van der Waals surface area (Å²) in [7, 11) is 0. The second kappa shape index (κ2) is 12.0. The first-order valence-electron chi connectivity index (χ1n) is 12.7. The summed E-state index contributed by atoms with van der Waals surface area (Å²) in [6.07, 6.45) is -12.3. The number of amides is 1. The van der Waals surface area contributed by atoms with Crippen LogP contribution in [0.2, 0.25) is 5.02 Å². The number of hydrogen-bond donors (Lipinski definition) is 1. The molecule has 19 heteroatoms. The summed E-state index contributed by atoms with van der Waals surface area (Å²) in [6.45, 7) is -2.73. The first kappa shape index (κ1) is 31.1. The molecule has 1 N–H and O–H groups in total. The molecule has 1 aliphatic rings. The minimum atomic E-state index is -5.01. The van der Waals surface area contributed by atoms with Gasteiger partial charge < -0.3 is 14.7 Å². The fourth-order valence-electron chi connectivity index (χ4n) is 4.35. The summed E-state index contributed by atoms with van der Waals surface area (Å²) >= 11 is 5.90. The van der Waals surface area contributed by atoms with Gasteiger partial charge in [-0.1, -0.05) is 11.6 Å². The van der Waals surface area contributed by atoms with Crippen LogP contribution in [0.5, 0.6) is 0 Å². The summed E-state index contributed by atoms with van der Waals surface area (Å²) < 4.78 is 86.3. The normalized spacial score (nSPS) is 16.7. The summed E-state index contributed by atoms with van der Waals surface area (Å²) in [4.78, 5) is 35.4. The van der Waals surface area contributed by atoms with E-state index >= 15 is 0 Å². The highest BCUT2D eigenvalue weighted by atomic mass is 35.5. The van der Waals surface area contributed by atoms with Gasteiger partial charge in [-0.15, -0.1) is 10.2 Å². The monoisotopic (exact) mass is 646 g/mol. The van der Waals surface area contributed by atoms with Gasteiger partial charge in [0.05, 0.1) is 25.4 Å². The third-order valence-electron chi connectivity index (χ3n) is 6.54. The number of aromatic nitrogens is 7. The smallest absolute Gasteiger partial charge is 0.382 e. The van der Waals surface area contributed by atoms with Gasteiger partial charge in [0, 0.05) is 23.3 Å². The Labute approximate surface area is 248 Å². The van der Waals surface area contributed by atoms with Crippen molar-refractivity contribution in [1.29, 1.82) is 0 Å². The lowest BCUT2D eigenvalue weighted by Gasteiger charge is -2.33. The minimum Gasteiger partial charge on any atom is -0.382 e. The van der Waals surface area contributed by atoms with Crippen LogP contribution in [-0.4, -0.2) is 94.3 Å². The molecule has 1 amide bonds. The van der Waals surface area contributed by atoms with Crippen molar-refractivity contribution in [1.82, 2.24) is 39.0 Å². The fraction of sp³-hybridized carbons (Fsp3) is 0.360. The first-order valence-corrected chi connectivity index (χ1v) is 13.1. The maximum Gasteiger partial charge on any atom is 0.416 e. The molecule has 1 aromatic carbocycles. The number of carbonyl (C=O) groups is 1. The van der Waals surface area contributed by atoms with Gasteiger partial charge in [0.25, 0.3) is 5.91 Å². The van der Waals surface area contributed by atoms with Gasteiger partial charge in [0.15, 0.2) is 29.6 Å². The van der Waals surface area contributed by atoms with Crippen LogP contribution in [0.4, 0.5) is 26.3 Å². The highest BCUT2D eigenvalue weighted by Crippen LogP contribution is 2.27. The molecule has 0 saturated carbocycles. The molecule has 0 bridgehead atoms. The Bertz CT molecular complexity index is 1700. The molecule has 3 aromatic heterocycles. The number of rotatable bonds is 7. The van der Waals surface area contributed by atoms with E-state index in [-0.39, 0.29) is 41.7 Å². The van der Waals surface area contributed by atoms with E-state index in [0.717, 1.165) is 20.6 Å². The second-order valence-electron chi connectivity index (χ2n) is 9.57. The van der Waals surface area contributed by atoms with Crippen LogP contribution in [0.15, 0.2) is 53.7 Å². The van der Waals surface area contributed by atoms with Gasteiger partial charge in [0.1, 0.15) is 12.9 Å². The summed E-state index contributed by atoms with van der Waals surface area (Å²) in [5.41, 5.74) is -0.912. The summed E-state index contributed by atoms with van der Waals surface area (Å²) in [5.74, 6) is -1.04. The number of aliphatic hydroxyl groups excluding tert-OH is 1. The van der Waals surface area contributed by atoms with Gasteiger partial charge in [-0.3, -0.25) is 9.36 Å². The van der Waals surface area contributed by atoms with Crippen molar-refractivity contribution in [2.24, 2.45) is 0 Å². The second-order valence-corrected chi connectivity index (χ2v) is 10.0. The fourth-order valence-corrected chi connectivity index (χ4v) is 4.47. The lowest BCUT2D eigenvalue weighted by molar-refractivity contribution is -0.233. The van der Waals surface area contributed by atoms with Gasteiger partial charge in [-0.05, 0) is 36.4 Å². The SMILES string of the molecule is O=C(c1ncccc1-n1cnc(Cn2nc(-c3ccc(Cl)cc3)n(CC(O)C(F)(F)F)c2=O)n1)N1CCOC(C(F)(F)F)C1. The third-order valence-corrected chi connectivity index (χ3v) is 6.80. The summed E-state index contributed by atoms with van der Waals surface area (Å²) in [5, 5.41) is 18.3. The molecule has 1 fully saturated rings. The molecule has 5 rings (SSSR count). The van der Waals surface area contributed by atoms with Crippen LogP contribution in [0, 0.1) is 0 Å². The Kier molecular flexibility index (Phi) is 8.50. The van der Waals surface area contributed by atoms with Crippen molar-refractivity contribution in [2.75, 3.05) is 19.7 Å². The van der Waals surface area contributed by atoms with E-state index in [0.29, 0.717) is 9.59 Å². The van der Waals surface area contributed by atoms with Crippen molar-refractivity contribution in [3.8, 4) is 17.1 Å². The lowest BCUT2D eigenvalue weighted by atomic mass is 10.2. The third kappa shape index (κ3) is 6.61. The van der Waals surface area contributed by atoms with E-state index < -0.39 is 55.8 Å². The number of carbonyl (C=O) groups excluding carboxylic acids is 1. The molecule has 0 radical (unpaired) electrons. The molecule has 44 heavy (non-hydrogen) atoms. The molecule has 4 aromatic rings. The number of pyridine rings is 1. The van der Waals surface area contributed by atoms with E-state index in [2.05, 4.69) is 20.2 Å². The predicted molar refractivity (Wildman–Crippen MR) is 139 cm³/mol. The highest BCUT2D eigenvalue weighted by Gasteiger charge is 2.44. The first-order chi connectivity index (χ1) is 20.7. The van der Waals surface area contributed by atoms with Gasteiger partial charge in [-0.2, -0.15) is 26.3 Å². The average Bonchev–Trinajstić information content (AvgIpc) is 3.57. The zero-order valence-corrected chi connectivity index (χ0v) is 23.0. The molecular formula is C25H21ClF6N8O4. The molecule has 2 atom stereocenters. The van der Waals surface area contributed by atoms with Crippen molar-refractivity contribution in [3.63, 3.8) is 0 Å². The Morgan fingerprint density at radius 2 is 1.82 bits per heavy atom. The van der Waals surface area contributed by atoms with Crippen LogP contribution in [0.1, 0.15) is 16.3 Å². The van der Waals surface area contributed by atoms with E-state index in [9.17, 15) is 41.0 Å². The van der Waals surface area contributed by atoms with Crippen molar-refractivity contribution in [3.05, 3.63) is 75.9 Å². The summed E-state index contributed by atoms with van der Waals surface area (Å²) in [6, 6.07) is 8.65. The zero-order valence-electron chi connectivity index (χ0n) is 22.2. The number of aliphatic hydroxyl groups is 1. The maximum absolute atomic E-state index is 13.2. The highest BCUT2D eigenvalue weighted by molar-refractivity contribution is 6.30. The predicted octanol–water partition coefficient (Wildman–Crippen LogP) is 2.72. The van der Waals surface area contributed by atoms with E-state index in [1.54, 1.807) is 0 Å². The van der Waals surface area contributed by atoms with Crippen LogP contribution in [0.25, 0.3) is 17.1 Å². The van der Waals surface area contributed by atoms with Crippen LogP contribution < -0.4 is 5.69 Å². The number of alkyl halides is 6. The largest absolute Gasteiger partial charge is 0.416 e. The number of hydrogen-bond acceptors (Lipinski definition) is 8. The molecule has 1 aliphatic heterocycles. The molecule has 12 nitrogen and oxygen atoms in total. The Morgan fingerprint density at radius 3 is 2.50 bits per heavy atom. The van der Waals surface area contributed by atoms with Gasteiger partial charge in [0.2, 0.25) is 0 Å². The number of benzene rings is 1. The standard InChI is InChI=1S/C25H21ClF6N8O4/c26-15-5-3-14(4-6-15)21-36-39(23(43)38(21)10-17(41)24(27,28)29)12-19-34-13-40(35-19)16-2-1-7-33-20(16)22(42)37-8-9-44-18(11-37)25(30,31)32/h1-7,13,17-18,41H,8-12H2. The Hall–Kier alpha value is -4.29. The molecular weight excluding hydrogens is 626 g/mol. The molecule has 0 aliphatic carbocycles. The van der Waals surface area contributed by atoms with Crippen molar-refractivity contribution >= 4 is 17.5 Å². The Morgan fingerprint density at radius 1 is 1.09 bits per heavy atom. The van der Waals surface area contributed by atoms with Crippen LogP contribution in [0.3, 0.4) is 0 Å². The van der Waals surface area contributed by atoms with Crippen molar-refractivity contribution in [2.45, 2.75) is 37.7 Å². The van der Waals surface area contributed by atoms with E-state index in [4.69, 9.17) is 16.3 Å². The molecule has 4 heterocycles. The van der Waals surface area contributed by atoms with E-state index in [1.165, 1.54) is 42.6 Å². The Balaban J connectivity index is 1.43. The molecule has 1 saturated heterocycles. The molecule has 2 unspecified atom stereocenters. The number of nitrogens with zero attached hydrogens (tertiary/aromatic N) is 8. The quantitative estimate of drug-likeness (QED) is 0.303. The number of ether oxygens (including phenoxy) is 1. The van der Waals surface area contributed by atoms with Crippen LogP contribution >= 0.6 is 11.6 Å². The topological polar surface area (TPSA) is 133 Å².